The second-order valence-electron chi connectivity index (χ2n) is 6.82. The maximum Gasteiger partial charge on any atom is 0.272 e. The van der Waals surface area contributed by atoms with Crippen LogP contribution in [0.25, 0.3) is 11.3 Å². The molecule has 0 bridgehead atoms. The first-order chi connectivity index (χ1) is 14.2. The van der Waals surface area contributed by atoms with Crippen LogP contribution in [-0.2, 0) is 0 Å². The zero-order valence-corrected chi connectivity index (χ0v) is 16.1. The van der Waals surface area contributed by atoms with Crippen LogP contribution in [-0.4, -0.2) is 52.0 Å². The van der Waals surface area contributed by atoms with Gasteiger partial charge in [-0.05, 0) is 24.3 Å². The van der Waals surface area contributed by atoms with Crippen LogP contribution in [0.3, 0.4) is 0 Å². The number of nitrogens with one attached hydrogen (secondary N) is 1. The van der Waals surface area contributed by atoms with Gasteiger partial charge in [-0.2, -0.15) is 5.10 Å². The van der Waals surface area contributed by atoms with E-state index in [1.54, 1.807) is 23.2 Å². The molecule has 2 aliphatic heterocycles. The average Bonchev–Trinajstić information content (AvgIpc) is 3.49. The standard InChI is InChI=1S/C20H17ClN4O4/c21-14-9-22-5-3-17(14)29-13-4-6-25(10-13)20(26)16-8-15(23-24-16)12-1-2-18-19(7-12)28-11-27-18/h1-3,5,7-9,13H,4,6,10-11H2,(H,23,24)/t13-/m1/s1. The van der Waals surface area contributed by atoms with Crippen molar-refractivity contribution in [3.63, 3.8) is 0 Å². The van der Waals surface area contributed by atoms with Gasteiger partial charge in [-0.15, -0.1) is 0 Å². The van der Waals surface area contributed by atoms with E-state index < -0.39 is 0 Å². The summed E-state index contributed by atoms with van der Waals surface area (Å²) in [7, 11) is 0. The molecule has 8 nitrogen and oxygen atoms in total. The first-order valence-corrected chi connectivity index (χ1v) is 9.56. The number of halogens is 1. The molecule has 0 saturated carbocycles. The van der Waals surface area contributed by atoms with Gasteiger partial charge in [0.1, 0.15) is 22.6 Å². The van der Waals surface area contributed by atoms with Crippen molar-refractivity contribution in [3.8, 4) is 28.5 Å². The van der Waals surface area contributed by atoms with E-state index in [4.69, 9.17) is 25.8 Å². The van der Waals surface area contributed by atoms with Gasteiger partial charge in [0.25, 0.3) is 5.91 Å². The number of rotatable bonds is 4. The van der Waals surface area contributed by atoms with Crippen molar-refractivity contribution < 1.29 is 19.0 Å². The van der Waals surface area contributed by atoms with Crippen LogP contribution < -0.4 is 14.2 Å². The van der Waals surface area contributed by atoms with E-state index in [-0.39, 0.29) is 18.8 Å². The number of hydrogen-bond acceptors (Lipinski definition) is 6. The minimum absolute atomic E-state index is 0.114. The quantitative estimate of drug-likeness (QED) is 0.708. The van der Waals surface area contributed by atoms with Crippen LogP contribution >= 0.6 is 11.6 Å². The van der Waals surface area contributed by atoms with Crippen molar-refractivity contribution in [2.45, 2.75) is 12.5 Å². The molecule has 0 aliphatic carbocycles. The van der Waals surface area contributed by atoms with Crippen molar-refractivity contribution in [2.75, 3.05) is 19.9 Å². The first-order valence-electron chi connectivity index (χ1n) is 9.18. The lowest BCUT2D eigenvalue weighted by Crippen LogP contribution is -2.31. The van der Waals surface area contributed by atoms with Crippen molar-refractivity contribution in [1.29, 1.82) is 0 Å². The molecular formula is C20H17ClN4O4. The molecule has 0 radical (unpaired) electrons. The fourth-order valence-corrected chi connectivity index (χ4v) is 3.62. The molecule has 1 N–H and O–H groups in total. The molecule has 1 aromatic carbocycles. The monoisotopic (exact) mass is 412 g/mol. The van der Waals surface area contributed by atoms with E-state index in [0.717, 1.165) is 12.0 Å². The number of aromatic amines is 1. The molecule has 4 heterocycles. The minimum Gasteiger partial charge on any atom is -0.487 e. The lowest BCUT2D eigenvalue weighted by atomic mass is 10.1. The van der Waals surface area contributed by atoms with E-state index >= 15 is 0 Å². The highest BCUT2D eigenvalue weighted by Gasteiger charge is 2.30. The number of ether oxygens (including phenoxy) is 3. The lowest BCUT2D eigenvalue weighted by molar-refractivity contribution is 0.0766. The van der Waals surface area contributed by atoms with Gasteiger partial charge in [0.15, 0.2) is 11.5 Å². The molecule has 9 heteroatoms. The summed E-state index contributed by atoms with van der Waals surface area (Å²) in [6, 6.07) is 9.04. The summed E-state index contributed by atoms with van der Waals surface area (Å²) in [6.07, 6.45) is 3.78. The second kappa shape index (κ2) is 7.29. The van der Waals surface area contributed by atoms with E-state index in [0.29, 0.717) is 46.7 Å². The number of nitrogens with zero attached hydrogens (tertiary/aromatic N) is 3. The van der Waals surface area contributed by atoms with Gasteiger partial charge in [0, 0.05) is 37.0 Å². The molecule has 2 aliphatic rings. The minimum atomic E-state index is -0.116. The number of benzene rings is 1. The Bertz CT molecular complexity index is 1070. The highest BCUT2D eigenvalue weighted by Crippen LogP contribution is 2.35. The van der Waals surface area contributed by atoms with Gasteiger partial charge in [-0.25, -0.2) is 0 Å². The lowest BCUT2D eigenvalue weighted by Gasteiger charge is -2.16. The van der Waals surface area contributed by atoms with E-state index in [2.05, 4.69) is 15.2 Å². The molecule has 3 aromatic rings. The Labute approximate surface area is 171 Å². The highest BCUT2D eigenvalue weighted by atomic mass is 35.5. The highest BCUT2D eigenvalue weighted by molar-refractivity contribution is 6.31. The number of H-pyrrole nitrogens is 1. The van der Waals surface area contributed by atoms with Crippen molar-refractivity contribution in [2.24, 2.45) is 0 Å². The molecule has 148 valence electrons. The molecule has 1 fully saturated rings. The molecule has 1 amide bonds. The first kappa shape index (κ1) is 17.8. The normalized spacial score (nSPS) is 17.6. The predicted molar refractivity (Wildman–Crippen MR) is 104 cm³/mol. The number of amides is 1. The number of carbonyl (C=O) groups excluding carboxylic acids is 1. The average molecular weight is 413 g/mol. The molecule has 5 rings (SSSR count). The summed E-state index contributed by atoms with van der Waals surface area (Å²) in [5.74, 6) is 1.84. The second-order valence-corrected chi connectivity index (χ2v) is 7.23. The van der Waals surface area contributed by atoms with E-state index in [1.165, 1.54) is 6.20 Å². The largest absolute Gasteiger partial charge is 0.487 e. The van der Waals surface area contributed by atoms with E-state index in [9.17, 15) is 4.79 Å². The zero-order valence-electron chi connectivity index (χ0n) is 15.3. The Hall–Kier alpha value is -3.26. The summed E-state index contributed by atoms with van der Waals surface area (Å²) < 4.78 is 16.7. The summed E-state index contributed by atoms with van der Waals surface area (Å²) in [6.45, 7) is 1.30. The van der Waals surface area contributed by atoms with Gasteiger partial charge in [-0.1, -0.05) is 11.6 Å². The van der Waals surface area contributed by atoms with Crippen LogP contribution in [0.5, 0.6) is 17.2 Å². The summed E-state index contributed by atoms with van der Waals surface area (Å²) >= 11 is 6.10. The Kier molecular flexibility index (Phi) is 4.48. The van der Waals surface area contributed by atoms with Gasteiger partial charge in [-0.3, -0.25) is 14.9 Å². The fraction of sp³-hybridized carbons (Fsp3) is 0.250. The molecule has 0 spiro atoms. The van der Waals surface area contributed by atoms with Crippen LogP contribution in [0.4, 0.5) is 0 Å². The molecule has 29 heavy (non-hydrogen) atoms. The smallest absolute Gasteiger partial charge is 0.272 e. The maximum atomic E-state index is 12.9. The third-order valence-electron chi connectivity index (χ3n) is 4.94. The Morgan fingerprint density at radius 1 is 1.24 bits per heavy atom. The number of pyridine rings is 1. The van der Waals surface area contributed by atoms with Crippen molar-refractivity contribution in [1.82, 2.24) is 20.1 Å². The zero-order chi connectivity index (χ0) is 19.8. The predicted octanol–water partition coefficient (Wildman–Crippen LogP) is 3.15. The maximum absolute atomic E-state index is 12.9. The summed E-state index contributed by atoms with van der Waals surface area (Å²) in [4.78, 5) is 18.6. The van der Waals surface area contributed by atoms with Crippen molar-refractivity contribution in [3.05, 3.63) is 53.4 Å². The van der Waals surface area contributed by atoms with Crippen LogP contribution in [0.2, 0.25) is 5.02 Å². The van der Waals surface area contributed by atoms with Gasteiger partial charge in [0.2, 0.25) is 6.79 Å². The third-order valence-corrected chi connectivity index (χ3v) is 5.22. The van der Waals surface area contributed by atoms with Crippen LogP contribution in [0, 0.1) is 0 Å². The SMILES string of the molecule is O=C(c1cc(-c2ccc3c(c2)OCO3)n[nH]1)N1CC[C@@H](Oc2ccncc2Cl)C1. The molecule has 1 atom stereocenters. The number of fused-ring (bicyclic) bond motifs is 1. The van der Waals surface area contributed by atoms with Gasteiger partial charge in [0.05, 0.1) is 12.2 Å². The number of likely N-dealkylation sites (tertiary alicyclic amines) is 1. The molecule has 1 saturated heterocycles. The Morgan fingerprint density at radius 3 is 3.03 bits per heavy atom. The van der Waals surface area contributed by atoms with Crippen LogP contribution in [0.1, 0.15) is 16.9 Å². The number of hydrogen-bond donors (Lipinski definition) is 1. The fourth-order valence-electron chi connectivity index (χ4n) is 3.45. The van der Waals surface area contributed by atoms with E-state index in [1.807, 2.05) is 18.2 Å². The molecular weight excluding hydrogens is 396 g/mol. The molecule has 0 unspecified atom stereocenters. The topological polar surface area (TPSA) is 89.6 Å². The third kappa shape index (κ3) is 3.47. The van der Waals surface area contributed by atoms with Crippen LogP contribution in [0.15, 0.2) is 42.7 Å². The summed E-state index contributed by atoms with van der Waals surface area (Å²) in [5, 5.41) is 7.57. The molecule has 2 aromatic heterocycles. The number of carbonyl (C=O) groups is 1. The summed E-state index contributed by atoms with van der Waals surface area (Å²) in [5.41, 5.74) is 1.95. The van der Waals surface area contributed by atoms with Crippen molar-refractivity contribution >= 4 is 17.5 Å². The number of aromatic nitrogens is 3. The van der Waals surface area contributed by atoms with Gasteiger partial charge < -0.3 is 19.1 Å². The van der Waals surface area contributed by atoms with Gasteiger partial charge >= 0.3 is 0 Å². The Morgan fingerprint density at radius 2 is 2.14 bits per heavy atom. The Balaban J connectivity index is 1.26.